The molecule has 0 spiro atoms. The van der Waals surface area contributed by atoms with Crippen molar-refractivity contribution in [3.8, 4) is 6.07 Å². The molecule has 1 unspecified atom stereocenters. The minimum absolute atomic E-state index is 0.180. The lowest BCUT2D eigenvalue weighted by molar-refractivity contribution is 0.0253. The molecule has 3 nitrogen and oxygen atoms in total. The first kappa shape index (κ1) is 11.8. The number of nitriles is 1. The maximum atomic E-state index is 8.68. The molecule has 0 N–H and O–H groups in total. The lowest BCUT2D eigenvalue weighted by atomic mass is 10.0. The van der Waals surface area contributed by atoms with Gasteiger partial charge in [0.15, 0.2) is 0 Å². The van der Waals surface area contributed by atoms with Gasteiger partial charge in [0.2, 0.25) is 0 Å². The zero-order valence-corrected chi connectivity index (χ0v) is 9.75. The van der Waals surface area contributed by atoms with Crippen LogP contribution in [0.25, 0.3) is 0 Å². The molecule has 1 aromatic carbocycles. The molecule has 1 aliphatic heterocycles. The highest BCUT2D eigenvalue weighted by Gasteiger charge is 2.19. The molecule has 0 saturated carbocycles. The van der Waals surface area contributed by atoms with Crippen LogP contribution in [0.15, 0.2) is 42.5 Å². The van der Waals surface area contributed by atoms with Crippen LogP contribution in [0.3, 0.4) is 0 Å². The van der Waals surface area contributed by atoms with E-state index in [4.69, 9.17) is 10.00 Å². The van der Waals surface area contributed by atoms with Crippen molar-refractivity contribution in [1.82, 2.24) is 4.90 Å². The summed E-state index contributed by atoms with van der Waals surface area (Å²) < 4.78 is 5.36. The molecule has 17 heavy (non-hydrogen) atoms. The zero-order chi connectivity index (χ0) is 11.9. The molecule has 1 heterocycles. The summed E-state index contributed by atoms with van der Waals surface area (Å²) in [5.74, 6) is 0. The van der Waals surface area contributed by atoms with E-state index in [1.165, 1.54) is 5.56 Å². The average molecular weight is 228 g/mol. The van der Waals surface area contributed by atoms with Crippen LogP contribution in [-0.2, 0) is 4.74 Å². The molecular weight excluding hydrogens is 212 g/mol. The van der Waals surface area contributed by atoms with Crippen molar-refractivity contribution in [3.63, 3.8) is 0 Å². The van der Waals surface area contributed by atoms with E-state index >= 15 is 0 Å². The monoisotopic (exact) mass is 228 g/mol. The molecule has 88 valence electrons. The van der Waals surface area contributed by atoms with Gasteiger partial charge in [-0.2, -0.15) is 5.26 Å². The number of rotatable bonds is 3. The normalized spacial score (nSPS) is 19.0. The molecule has 0 aliphatic carbocycles. The molecule has 3 heteroatoms. The van der Waals surface area contributed by atoms with Gasteiger partial charge in [-0.05, 0) is 5.56 Å². The molecular formula is C14H16N2O. The van der Waals surface area contributed by atoms with E-state index in [2.05, 4.69) is 23.1 Å². The first-order chi connectivity index (χ1) is 8.42. The third kappa shape index (κ3) is 3.16. The summed E-state index contributed by atoms with van der Waals surface area (Å²) in [6.07, 6.45) is 3.52. The SMILES string of the molecule is N#C/C=C/C(c1ccccc1)N1CCOCC1. The Kier molecular flexibility index (Phi) is 4.31. The Balaban J connectivity index is 2.19. The smallest absolute Gasteiger partial charge is 0.0909 e. The quantitative estimate of drug-likeness (QED) is 0.744. The predicted octanol–water partition coefficient (Wildman–Crippen LogP) is 2.14. The molecule has 0 radical (unpaired) electrons. The van der Waals surface area contributed by atoms with Gasteiger partial charge in [-0.15, -0.1) is 0 Å². The van der Waals surface area contributed by atoms with Crippen LogP contribution < -0.4 is 0 Å². The highest BCUT2D eigenvalue weighted by Crippen LogP contribution is 2.22. The number of allylic oxidation sites excluding steroid dienone is 1. The van der Waals surface area contributed by atoms with Crippen molar-refractivity contribution in [2.45, 2.75) is 6.04 Å². The van der Waals surface area contributed by atoms with E-state index in [1.807, 2.05) is 24.3 Å². The van der Waals surface area contributed by atoms with Crippen LogP contribution in [0.2, 0.25) is 0 Å². The zero-order valence-electron chi connectivity index (χ0n) is 9.75. The third-order valence-corrected chi connectivity index (χ3v) is 2.93. The van der Waals surface area contributed by atoms with Crippen molar-refractivity contribution in [1.29, 1.82) is 5.26 Å². The summed E-state index contributed by atoms with van der Waals surface area (Å²) in [5.41, 5.74) is 1.22. The molecule has 2 rings (SSSR count). The maximum absolute atomic E-state index is 8.68. The number of hydrogen-bond acceptors (Lipinski definition) is 3. The molecule has 0 bridgehead atoms. The number of nitrogens with zero attached hydrogens (tertiary/aromatic N) is 2. The van der Waals surface area contributed by atoms with E-state index in [0.29, 0.717) is 0 Å². The van der Waals surface area contributed by atoms with Gasteiger partial charge >= 0.3 is 0 Å². The fourth-order valence-electron chi connectivity index (χ4n) is 2.08. The highest BCUT2D eigenvalue weighted by molar-refractivity contribution is 5.24. The van der Waals surface area contributed by atoms with E-state index in [1.54, 1.807) is 6.08 Å². The van der Waals surface area contributed by atoms with E-state index in [0.717, 1.165) is 26.3 Å². The summed E-state index contributed by atoms with van der Waals surface area (Å²) >= 11 is 0. The summed E-state index contributed by atoms with van der Waals surface area (Å²) in [6, 6.07) is 12.5. The third-order valence-electron chi connectivity index (χ3n) is 2.93. The van der Waals surface area contributed by atoms with Gasteiger partial charge in [0.25, 0.3) is 0 Å². The van der Waals surface area contributed by atoms with Gasteiger partial charge < -0.3 is 4.74 Å². The number of hydrogen-bond donors (Lipinski definition) is 0. The second kappa shape index (κ2) is 6.19. The largest absolute Gasteiger partial charge is 0.379 e. The van der Waals surface area contributed by atoms with Crippen molar-refractivity contribution in [2.24, 2.45) is 0 Å². The number of morpholine rings is 1. The van der Waals surface area contributed by atoms with Crippen LogP contribution in [-0.4, -0.2) is 31.2 Å². The van der Waals surface area contributed by atoms with E-state index in [-0.39, 0.29) is 6.04 Å². The highest BCUT2D eigenvalue weighted by atomic mass is 16.5. The second-order valence-corrected chi connectivity index (χ2v) is 3.99. The summed E-state index contributed by atoms with van der Waals surface area (Å²) in [7, 11) is 0. The van der Waals surface area contributed by atoms with Gasteiger partial charge in [0.05, 0.1) is 25.3 Å². The summed E-state index contributed by atoms with van der Waals surface area (Å²) in [6.45, 7) is 3.36. The maximum Gasteiger partial charge on any atom is 0.0909 e. The van der Waals surface area contributed by atoms with Crippen molar-refractivity contribution in [3.05, 3.63) is 48.0 Å². The molecule has 1 atom stereocenters. The topological polar surface area (TPSA) is 36.3 Å². The molecule has 1 saturated heterocycles. The van der Waals surface area contributed by atoms with Gasteiger partial charge in [-0.25, -0.2) is 0 Å². The first-order valence-corrected chi connectivity index (χ1v) is 5.85. The summed E-state index contributed by atoms with van der Waals surface area (Å²) in [4.78, 5) is 2.34. The Morgan fingerprint density at radius 1 is 1.24 bits per heavy atom. The average Bonchev–Trinajstić information content (AvgIpc) is 2.42. The van der Waals surface area contributed by atoms with Crippen molar-refractivity contribution >= 4 is 0 Å². The van der Waals surface area contributed by atoms with E-state index < -0.39 is 0 Å². The molecule has 0 amide bonds. The van der Waals surface area contributed by atoms with Crippen LogP contribution >= 0.6 is 0 Å². The van der Waals surface area contributed by atoms with Gasteiger partial charge in [0, 0.05) is 19.2 Å². The summed E-state index contributed by atoms with van der Waals surface area (Å²) in [5, 5.41) is 8.68. The van der Waals surface area contributed by atoms with Crippen LogP contribution in [0.4, 0.5) is 0 Å². The molecule has 1 aromatic rings. The first-order valence-electron chi connectivity index (χ1n) is 5.85. The number of ether oxygens (including phenoxy) is 1. The van der Waals surface area contributed by atoms with Crippen molar-refractivity contribution in [2.75, 3.05) is 26.3 Å². The predicted molar refractivity (Wildman–Crippen MR) is 66.3 cm³/mol. The van der Waals surface area contributed by atoms with Crippen LogP contribution in [0.5, 0.6) is 0 Å². The van der Waals surface area contributed by atoms with Gasteiger partial charge in [-0.1, -0.05) is 36.4 Å². The Labute approximate surface area is 102 Å². The Morgan fingerprint density at radius 3 is 2.59 bits per heavy atom. The lowest BCUT2D eigenvalue weighted by Gasteiger charge is -2.33. The van der Waals surface area contributed by atoms with Crippen LogP contribution in [0.1, 0.15) is 11.6 Å². The number of benzene rings is 1. The molecule has 0 aromatic heterocycles. The lowest BCUT2D eigenvalue weighted by Crippen LogP contribution is -2.38. The minimum Gasteiger partial charge on any atom is -0.379 e. The van der Waals surface area contributed by atoms with E-state index in [9.17, 15) is 0 Å². The van der Waals surface area contributed by atoms with Gasteiger partial charge in [-0.3, -0.25) is 4.90 Å². The fourth-order valence-corrected chi connectivity index (χ4v) is 2.08. The standard InChI is InChI=1S/C14H16N2O/c15-8-4-7-14(13-5-2-1-3-6-13)16-9-11-17-12-10-16/h1-7,14H,9-12H2/b7-4+. The molecule has 1 fully saturated rings. The second-order valence-electron chi connectivity index (χ2n) is 3.99. The van der Waals surface area contributed by atoms with Gasteiger partial charge in [0.1, 0.15) is 0 Å². The molecule has 1 aliphatic rings. The van der Waals surface area contributed by atoms with Crippen LogP contribution in [0, 0.1) is 11.3 Å². The van der Waals surface area contributed by atoms with Crippen molar-refractivity contribution < 1.29 is 4.74 Å². The minimum atomic E-state index is 0.180. The Morgan fingerprint density at radius 2 is 1.94 bits per heavy atom. The Bertz CT molecular complexity index is 402. The Hall–Kier alpha value is -1.63. The fraction of sp³-hybridized carbons (Fsp3) is 0.357.